The zero-order valence-corrected chi connectivity index (χ0v) is 14.5. The molecule has 0 aliphatic heterocycles. The first-order valence-corrected chi connectivity index (χ1v) is 8.32. The second-order valence-electron chi connectivity index (χ2n) is 6.01. The lowest BCUT2D eigenvalue weighted by Gasteiger charge is -2.13. The normalized spacial score (nSPS) is 10.9. The lowest BCUT2D eigenvalue weighted by Crippen LogP contribution is -2.26. The predicted molar refractivity (Wildman–Crippen MR) is 98.9 cm³/mol. The van der Waals surface area contributed by atoms with Gasteiger partial charge in [-0.3, -0.25) is 29.6 Å². The van der Waals surface area contributed by atoms with E-state index in [4.69, 9.17) is 0 Å². The lowest BCUT2D eigenvalue weighted by molar-refractivity contribution is -0.385. The van der Waals surface area contributed by atoms with E-state index in [0.29, 0.717) is 23.3 Å². The van der Waals surface area contributed by atoms with Crippen molar-refractivity contribution < 1.29 is 9.85 Å². The Hall–Kier alpha value is -3.62. The Morgan fingerprint density at radius 3 is 2.48 bits per heavy atom. The third kappa shape index (κ3) is 3.52. The number of nitro benzene ring substituents is 2. The van der Waals surface area contributed by atoms with Crippen molar-refractivity contribution >= 4 is 22.3 Å². The van der Waals surface area contributed by atoms with Gasteiger partial charge in [0.2, 0.25) is 0 Å². The molecule has 0 fully saturated rings. The van der Waals surface area contributed by atoms with Crippen LogP contribution >= 0.6 is 0 Å². The molecule has 0 aliphatic rings. The van der Waals surface area contributed by atoms with Gasteiger partial charge in [-0.2, -0.15) is 0 Å². The fourth-order valence-electron chi connectivity index (χ4n) is 2.94. The van der Waals surface area contributed by atoms with Crippen LogP contribution in [0.2, 0.25) is 0 Å². The molecular formula is C18H16N4O5. The summed E-state index contributed by atoms with van der Waals surface area (Å²) in [6.45, 7) is 1.90. The molecule has 0 aliphatic carbocycles. The van der Waals surface area contributed by atoms with Crippen LogP contribution < -0.4 is 5.56 Å². The Balaban J connectivity index is 2.22. The molecule has 1 heterocycles. The SMILES string of the molecule is CCCc1nc2ccc([N+](=O)[O-])cc2c(=O)n1Cc1ccccc1[N+](=O)[O-]. The molecule has 3 aromatic rings. The van der Waals surface area contributed by atoms with Gasteiger partial charge in [-0.05, 0) is 12.5 Å². The standard InChI is InChI=1S/C18H16N4O5/c1-2-5-17-19-15-9-8-13(21(24)25)10-14(15)18(23)20(17)11-12-6-3-4-7-16(12)22(26)27/h3-4,6-10H,2,5,11H2,1H3. The van der Waals surface area contributed by atoms with E-state index in [1.165, 1.54) is 28.8 Å². The van der Waals surface area contributed by atoms with E-state index in [1.54, 1.807) is 18.2 Å². The van der Waals surface area contributed by atoms with Crippen LogP contribution in [0, 0.1) is 20.2 Å². The molecule has 0 unspecified atom stereocenters. The van der Waals surface area contributed by atoms with Crippen molar-refractivity contribution in [2.75, 3.05) is 0 Å². The Labute approximate surface area is 153 Å². The maximum Gasteiger partial charge on any atom is 0.274 e. The molecule has 0 spiro atoms. The van der Waals surface area contributed by atoms with E-state index < -0.39 is 15.4 Å². The summed E-state index contributed by atoms with van der Waals surface area (Å²) in [4.78, 5) is 38.7. The van der Waals surface area contributed by atoms with Crippen LogP contribution in [0.4, 0.5) is 11.4 Å². The number of hydrogen-bond acceptors (Lipinski definition) is 6. The van der Waals surface area contributed by atoms with E-state index in [1.807, 2.05) is 6.92 Å². The summed E-state index contributed by atoms with van der Waals surface area (Å²) >= 11 is 0. The summed E-state index contributed by atoms with van der Waals surface area (Å²) in [5, 5.41) is 22.4. The summed E-state index contributed by atoms with van der Waals surface area (Å²) in [6.07, 6.45) is 1.23. The largest absolute Gasteiger partial charge is 0.291 e. The average Bonchev–Trinajstić information content (AvgIpc) is 2.65. The number of non-ortho nitro benzene ring substituents is 1. The number of hydrogen-bond donors (Lipinski definition) is 0. The monoisotopic (exact) mass is 368 g/mol. The van der Waals surface area contributed by atoms with E-state index >= 15 is 0 Å². The average molecular weight is 368 g/mol. The molecule has 3 rings (SSSR count). The van der Waals surface area contributed by atoms with Gasteiger partial charge in [-0.15, -0.1) is 0 Å². The molecule has 0 radical (unpaired) electrons. The van der Waals surface area contributed by atoms with Gasteiger partial charge in [0, 0.05) is 30.2 Å². The Morgan fingerprint density at radius 1 is 1.07 bits per heavy atom. The van der Waals surface area contributed by atoms with Gasteiger partial charge in [0.15, 0.2) is 0 Å². The molecular weight excluding hydrogens is 352 g/mol. The molecule has 9 heteroatoms. The summed E-state index contributed by atoms with van der Waals surface area (Å²) in [5.41, 5.74) is -0.0143. The van der Waals surface area contributed by atoms with Gasteiger partial charge in [0.1, 0.15) is 5.82 Å². The maximum absolute atomic E-state index is 13.0. The lowest BCUT2D eigenvalue weighted by atomic mass is 10.1. The van der Waals surface area contributed by atoms with Gasteiger partial charge >= 0.3 is 0 Å². The summed E-state index contributed by atoms with van der Waals surface area (Å²) in [7, 11) is 0. The van der Waals surface area contributed by atoms with Crippen molar-refractivity contribution in [1.29, 1.82) is 0 Å². The number of para-hydroxylation sites is 1. The van der Waals surface area contributed by atoms with Crippen molar-refractivity contribution in [1.82, 2.24) is 9.55 Å². The van der Waals surface area contributed by atoms with Crippen LogP contribution in [-0.4, -0.2) is 19.4 Å². The van der Waals surface area contributed by atoms with Crippen LogP contribution in [0.3, 0.4) is 0 Å². The van der Waals surface area contributed by atoms with Crippen molar-refractivity contribution in [3.05, 3.63) is 84.4 Å². The van der Waals surface area contributed by atoms with Crippen molar-refractivity contribution in [3.8, 4) is 0 Å². The molecule has 0 bridgehead atoms. The van der Waals surface area contributed by atoms with E-state index in [2.05, 4.69) is 4.98 Å². The molecule has 1 aromatic heterocycles. The smallest absolute Gasteiger partial charge is 0.274 e. The molecule has 0 N–H and O–H groups in total. The minimum absolute atomic E-state index is 0.0308. The molecule has 0 amide bonds. The number of rotatable bonds is 6. The number of nitrogens with zero attached hydrogens (tertiary/aromatic N) is 4. The highest BCUT2D eigenvalue weighted by Crippen LogP contribution is 2.21. The van der Waals surface area contributed by atoms with Gasteiger partial charge in [0.05, 0.1) is 27.3 Å². The summed E-state index contributed by atoms with van der Waals surface area (Å²) < 4.78 is 1.36. The quantitative estimate of drug-likeness (QED) is 0.486. The van der Waals surface area contributed by atoms with Crippen LogP contribution in [0.15, 0.2) is 47.3 Å². The number of benzene rings is 2. The maximum atomic E-state index is 13.0. The van der Waals surface area contributed by atoms with Crippen molar-refractivity contribution in [3.63, 3.8) is 0 Å². The van der Waals surface area contributed by atoms with Crippen LogP contribution in [0.1, 0.15) is 24.7 Å². The molecule has 27 heavy (non-hydrogen) atoms. The molecule has 138 valence electrons. The third-order valence-electron chi connectivity index (χ3n) is 4.22. The van der Waals surface area contributed by atoms with Crippen molar-refractivity contribution in [2.45, 2.75) is 26.3 Å². The first-order valence-electron chi connectivity index (χ1n) is 8.32. The Kier molecular flexibility index (Phi) is 4.93. The molecule has 0 saturated heterocycles. The zero-order chi connectivity index (χ0) is 19.6. The first-order chi connectivity index (χ1) is 12.9. The highest BCUT2D eigenvalue weighted by Gasteiger charge is 2.18. The zero-order valence-electron chi connectivity index (χ0n) is 14.5. The highest BCUT2D eigenvalue weighted by atomic mass is 16.6. The highest BCUT2D eigenvalue weighted by molar-refractivity contribution is 5.80. The minimum Gasteiger partial charge on any atom is -0.291 e. The van der Waals surface area contributed by atoms with Gasteiger partial charge in [-0.25, -0.2) is 4.98 Å². The molecule has 0 saturated carbocycles. The molecule has 9 nitrogen and oxygen atoms in total. The van der Waals surface area contributed by atoms with E-state index in [0.717, 1.165) is 6.42 Å². The fraction of sp³-hybridized carbons (Fsp3) is 0.222. The summed E-state index contributed by atoms with van der Waals surface area (Å²) in [6, 6.07) is 10.1. The first kappa shape index (κ1) is 18.2. The second kappa shape index (κ2) is 7.32. The van der Waals surface area contributed by atoms with Crippen molar-refractivity contribution in [2.24, 2.45) is 0 Å². The molecule has 0 atom stereocenters. The number of fused-ring (bicyclic) bond motifs is 1. The van der Waals surface area contributed by atoms with Crippen LogP contribution in [0.25, 0.3) is 10.9 Å². The van der Waals surface area contributed by atoms with Gasteiger partial charge < -0.3 is 0 Å². The van der Waals surface area contributed by atoms with Crippen LogP contribution in [0.5, 0.6) is 0 Å². The van der Waals surface area contributed by atoms with Gasteiger partial charge in [-0.1, -0.05) is 25.1 Å². The summed E-state index contributed by atoms with van der Waals surface area (Å²) in [5.74, 6) is 0.488. The number of aryl methyl sites for hydroxylation is 1. The minimum atomic E-state index is -0.578. The predicted octanol–water partition coefficient (Wildman–Crippen LogP) is 3.21. The van der Waals surface area contributed by atoms with E-state index in [9.17, 15) is 25.0 Å². The molecule has 2 aromatic carbocycles. The topological polar surface area (TPSA) is 121 Å². The fourth-order valence-corrected chi connectivity index (χ4v) is 2.94. The number of aromatic nitrogens is 2. The van der Waals surface area contributed by atoms with E-state index in [-0.39, 0.29) is 23.3 Å². The van der Waals surface area contributed by atoms with Crippen LogP contribution in [-0.2, 0) is 13.0 Å². The number of nitro groups is 2. The Morgan fingerprint density at radius 2 is 1.81 bits per heavy atom. The van der Waals surface area contributed by atoms with Gasteiger partial charge in [0.25, 0.3) is 16.9 Å². The Bertz CT molecular complexity index is 1110. The third-order valence-corrected chi connectivity index (χ3v) is 4.22. The second-order valence-corrected chi connectivity index (χ2v) is 6.01.